The fourth-order valence-electron chi connectivity index (χ4n) is 3.68. The Balaban J connectivity index is 1.53. The van der Waals surface area contributed by atoms with Crippen LogP contribution in [0.1, 0.15) is 31.9 Å². The number of carbonyl (C=O) groups is 1. The second kappa shape index (κ2) is 8.17. The molecule has 0 saturated carbocycles. The first-order chi connectivity index (χ1) is 13.7. The Bertz CT molecular complexity index is 981. The molecule has 0 N–H and O–H groups in total. The molecule has 4 nitrogen and oxygen atoms in total. The van der Waals surface area contributed by atoms with E-state index in [1.807, 2.05) is 11.4 Å². The van der Waals surface area contributed by atoms with Crippen LogP contribution in [0.2, 0.25) is 0 Å². The zero-order valence-corrected chi connectivity index (χ0v) is 16.9. The van der Waals surface area contributed by atoms with Crippen LogP contribution in [0.15, 0.2) is 53.9 Å². The summed E-state index contributed by atoms with van der Waals surface area (Å²) in [5.74, 6) is 1.25. The summed E-state index contributed by atoms with van der Waals surface area (Å²) in [6.07, 6.45) is 0.903. The summed E-state index contributed by atoms with van der Waals surface area (Å²) in [6.45, 7) is 2.80. The molecule has 4 rings (SSSR count). The molecule has 0 fully saturated rings. The maximum absolute atomic E-state index is 13.1. The molecular weight excluding hydrogens is 370 g/mol. The molecule has 5 heteroatoms. The van der Waals surface area contributed by atoms with E-state index in [2.05, 4.69) is 29.2 Å². The van der Waals surface area contributed by atoms with E-state index < -0.39 is 0 Å². The minimum absolute atomic E-state index is 0.0509. The SMILES string of the molecule is COc1ccc(C(=O)c2csc3c2CCN(Cc2ccccc2)C3)cc1OC. The molecule has 144 valence electrons. The lowest BCUT2D eigenvalue weighted by Crippen LogP contribution is -2.29. The van der Waals surface area contributed by atoms with Crippen LogP contribution in [0.25, 0.3) is 0 Å². The number of hydrogen-bond donors (Lipinski definition) is 0. The summed E-state index contributed by atoms with van der Waals surface area (Å²) < 4.78 is 10.6. The fraction of sp³-hybridized carbons (Fsp3) is 0.261. The zero-order valence-electron chi connectivity index (χ0n) is 16.1. The topological polar surface area (TPSA) is 38.8 Å². The minimum atomic E-state index is 0.0509. The number of fused-ring (bicyclic) bond motifs is 1. The van der Waals surface area contributed by atoms with Crippen LogP contribution >= 0.6 is 11.3 Å². The lowest BCUT2D eigenvalue weighted by atomic mass is 9.96. The molecule has 1 aliphatic heterocycles. The molecule has 0 amide bonds. The van der Waals surface area contributed by atoms with Gasteiger partial charge in [-0.2, -0.15) is 0 Å². The quantitative estimate of drug-likeness (QED) is 0.576. The molecule has 28 heavy (non-hydrogen) atoms. The monoisotopic (exact) mass is 393 g/mol. The number of thiophene rings is 1. The Morgan fingerprint density at radius 3 is 2.61 bits per heavy atom. The summed E-state index contributed by atoms with van der Waals surface area (Å²) >= 11 is 1.69. The van der Waals surface area contributed by atoms with Gasteiger partial charge in [0.1, 0.15) is 0 Å². The van der Waals surface area contributed by atoms with Crippen LogP contribution in [-0.2, 0) is 19.5 Å². The fourth-order valence-corrected chi connectivity index (χ4v) is 4.80. The van der Waals surface area contributed by atoms with Crippen molar-refractivity contribution in [2.75, 3.05) is 20.8 Å². The molecule has 1 aliphatic rings. The first-order valence-corrected chi connectivity index (χ1v) is 10.2. The molecule has 0 aliphatic carbocycles. The van der Waals surface area contributed by atoms with Crippen molar-refractivity contribution >= 4 is 17.1 Å². The smallest absolute Gasteiger partial charge is 0.194 e. The number of methoxy groups -OCH3 is 2. The highest BCUT2D eigenvalue weighted by Crippen LogP contribution is 2.33. The third-order valence-corrected chi connectivity index (χ3v) is 6.18. The summed E-state index contributed by atoms with van der Waals surface area (Å²) in [4.78, 5) is 16.9. The number of ether oxygens (including phenoxy) is 2. The lowest BCUT2D eigenvalue weighted by molar-refractivity contribution is 0.103. The number of carbonyl (C=O) groups excluding carboxylic acids is 1. The lowest BCUT2D eigenvalue weighted by Gasteiger charge is -2.27. The summed E-state index contributed by atoms with van der Waals surface area (Å²) in [7, 11) is 3.18. The van der Waals surface area contributed by atoms with E-state index in [-0.39, 0.29) is 5.78 Å². The molecule has 2 aromatic carbocycles. The molecule has 0 atom stereocenters. The van der Waals surface area contributed by atoms with Crippen LogP contribution in [0, 0.1) is 0 Å². The van der Waals surface area contributed by atoms with Gasteiger partial charge in [0.25, 0.3) is 0 Å². The Morgan fingerprint density at radius 2 is 1.86 bits per heavy atom. The predicted octanol–water partition coefficient (Wildman–Crippen LogP) is 4.55. The molecule has 0 saturated heterocycles. The van der Waals surface area contributed by atoms with Crippen molar-refractivity contribution in [1.29, 1.82) is 0 Å². The molecule has 2 heterocycles. The second-order valence-corrected chi connectivity index (χ2v) is 7.86. The third-order valence-electron chi connectivity index (χ3n) is 5.17. The Labute approximate surface area is 169 Å². The molecule has 0 spiro atoms. The van der Waals surface area contributed by atoms with Crippen LogP contribution in [0.3, 0.4) is 0 Å². The predicted molar refractivity (Wildman–Crippen MR) is 112 cm³/mol. The van der Waals surface area contributed by atoms with E-state index in [1.54, 1.807) is 43.8 Å². The van der Waals surface area contributed by atoms with Crippen molar-refractivity contribution in [2.24, 2.45) is 0 Å². The van der Waals surface area contributed by atoms with Gasteiger partial charge in [0.15, 0.2) is 17.3 Å². The maximum atomic E-state index is 13.1. The van der Waals surface area contributed by atoms with Crippen molar-refractivity contribution in [3.8, 4) is 11.5 Å². The molecular formula is C23H23NO3S. The van der Waals surface area contributed by atoms with Gasteiger partial charge in [-0.05, 0) is 35.7 Å². The van der Waals surface area contributed by atoms with E-state index in [4.69, 9.17) is 9.47 Å². The van der Waals surface area contributed by atoms with E-state index in [9.17, 15) is 4.79 Å². The molecule has 0 bridgehead atoms. The zero-order chi connectivity index (χ0) is 19.5. The Morgan fingerprint density at radius 1 is 1.07 bits per heavy atom. The first kappa shape index (κ1) is 18.7. The molecule has 0 radical (unpaired) electrons. The average molecular weight is 394 g/mol. The standard InChI is InChI=1S/C23H23NO3S/c1-26-20-9-8-17(12-21(20)27-2)23(25)19-15-28-22-14-24(11-10-18(19)22)13-16-6-4-3-5-7-16/h3-9,12,15H,10-11,13-14H2,1-2H3. The van der Waals surface area contributed by atoms with Crippen molar-refractivity contribution < 1.29 is 14.3 Å². The normalized spacial score (nSPS) is 13.8. The van der Waals surface area contributed by atoms with Gasteiger partial charge in [0.2, 0.25) is 0 Å². The van der Waals surface area contributed by atoms with Gasteiger partial charge in [0.05, 0.1) is 14.2 Å². The Hall–Kier alpha value is -2.63. The van der Waals surface area contributed by atoms with Gasteiger partial charge < -0.3 is 9.47 Å². The highest BCUT2D eigenvalue weighted by Gasteiger charge is 2.25. The number of nitrogens with zero attached hydrogens (tertiary/aromatic N) is 1. The summed E-state index contributed by atoms with van der Waals surface area (Å²) in [5, 5.41) is 2.01. The van der Waals surface area contributed by atoms with Crippen LogP contribution in [0.5, 0.6) is 11.5 Å². The first-order valence-electron chi connectivity index (χ1n) is 9.32. The van der Waals surface area contributed by atoms with E-state index in [0.29, 0.717) is 17.1 Å². The van der Waals surface area contributed by atoms with E-state index >= 15 is 0 Å². The molecule has 1 aromatic heterocycles. The van der Waals surface area contributed by atoms with Gasteiger partial charge in [-0.3, -0.25) is 9.69 Å². The van der Waals surface area contributed by atoms with Gasteiger partial charge >= 0.3 is 0 Å². The Kier molecular flexibility index (Phi) is 5.46. The van der Waals surface area contributed by atoms with Crippen LogP contribution in [-0.4, -0.2) is 31.4 Å². The maximum Gasteiger partial charge on any atom is 0.194 e. The minimum Gasteiger partial charge on any atom is -0.493 e. The van der Waals surface area contributed by atoms with Gasteiger partial charge in [-0.1, -0.05) is 30.3 Å². The average Bonchev–Trinajstić information content (AvgIpc) is 3.16. The number of ketones is 1. The summed E-state index contributed by atoms with van der Waals surface area (Å²) in [6, 6.07) is 15.9. The van der Waals surface area contributed by atoms with Gasteiger partial charge in [0, 0.05) is 41.0 Å². The largest absolute Gasteiger partial charge is 0.493 e. The molecule has 0 unspecified atom stereocenters. The van der Waals surface area contributed by atoms with Crippen molar-refractivity contribution in [2.45, 2.75) is 19.5 Å². The number of rotatable bonds is 6. The van der Waals surface area contributed by atoms with Crippen molar-refractivity contribution in [3.05, 3.63) is 81.0 Å². The van der Waals surface area contributed by atoms with E-state index in [1.165, 1.54) is 16.0 Å². The molecule has 3 aromatic rings. The van der Waals surface area contributed by atoms with E-state index in [0.717, 1.165) is 31.6 Å². The van der Waals surface area contributed by atoms with Gasteiger partial charge in [-0.25, -0.2) is 0 Å². The summed E-state index contributed by atoms with van der Waals surface area (Å²) in [5.41, 5.74) is 3.98. The van der Waals surface area contributed by atoms with Crippen LogP contribution < -0.4 is 9.47 Å². The highest BCUT2D eigenvalue weighted by molar-refractivity contribution is 7.10. The van der Waals surface area contributed by atoms with Crippen molar-refractivity contribution in [1.82, 2.24) is 4.90 Å². The second-order valence-electron chi connectivity index (χ2n) is 6.90. The van der Waals surface area contributed by atoms with Crippen molar-refractivity contribution in [3.63, 3.8) is 0 Å². The number of benzene rings is 2. The third kappa shape index (κ3) is 3.68. The van der Waals surface area contributed by atoms with Gasteiger partial charge in [-0.15, -0.1) is 11.3 Å². The van der Waals surface area contributed by atoms with Crippen LogP contribution in [0.4, 0.5) is 0 Å². The number of hydrogen-bond acceptors (Lipinski definition) is 5. The highest BCUT2D eigenvalue weighted by atomic mass is 32.1.